The number of thiazole rings is 1. The fourth-order valence-corrected chi connectivity index (χ4v) is 6.21. The summed E-state index contributed by atoms with van der Waals surface area (Å²) in [4.78, 5) is 29.4. The molecule has 0 bridgehead atoms. The van der Waals surface area contributed by atoms with Crippen molar-refractivity contribution in [3.8, 4) is 5.82 Å². The summed E-state index contributed by atoms with van der Waals surface area (Å²) in [5.41, 5.74) is 3.75. The topological polar surface area (TPSA) is 97.5 Å². The van der Waals surface area contributed by atoms with E-state index in [4.69, 9.17) is 19.3 Å². The molecule has 3 heterocycles. The number of rotatable bonds is 14. The molecule has 1 aromatic carbocycles. The molecule has 3 aromatic heterocycles. The van der Waals surface area contributed by atoms with Crippen LogP contribution in [0, 0.1) is 0 Å². The van der Waals surface area contributed by atoms with Crippen LogP contribution in [0.1, 0.15) is 63.0 Å². The molecule has 0 saturated heterocycles. The van der Waals surface area contributed by atoms with Crippen molar-refractivity contribution in [3.63, 3.8) is 0 Å². The summed E-state index contributed by atoms with van der Waals surface area (Å²) in [5.74, 6) is 0.361. The number of hydrogen-bond donors (Lipinski definition) is 0. The van der Waals surface area contributed by atoms with E-state index in [-0.39, 0.29) is 29.6 Å². The Labute approximate surface area is 252 Å². The molecule has 9 nitrogen and oxygen atoms in total. The normalized spacial score (nSPS) is 14.2. The number of pyridine rings is 1. The van der Waals surface area contributed by atoms with Gasteiger partial charge in [-0.15, -0.1) is 0 Å². The van der Waals surface area contributed by atoms with E-state index in [1.807, 2.05) is 44.3 Å². The molecule has 0 spiro atoms. The second-order valence-electron chi connectivity index (χ2n) is 11.7. The van der Waals surface area contributed by atoms with Crippen LogP contribution in [0.25, 0.3) is 16.0 Å². The highest BCUT2D eigenvalue weighted by molar-refractivity contribution is 7.16. The van der Waals surface area contributed by atoms with Crippen LogP contribution in [0.2, 0.25) is 25.7 Å². The van der Waals surface area contributed by atoms with Crippen LogP contribution in [0.15, 0.2) is 53.6 Å². The zero-order valence-electron chi connectivity index (χ0n) is 25.6. The van der Waals surface area contributed by atoms with E-state index in [9.17, 15) is 9.59 Å². The summed E-state index contributed by atoms with van der Waals surface area (Å²) >= 11 is 1.25. The first-order valence-electron chi connectivity index (χ1n) is 14.6. The van der Waals surface area contributed by atoms with Crippen molar-refractivity contribution < 1.29 is 19.0 Å². The lowest BCUT2D eigenvalue weighted by Gasteiger charge is -2.20. The van der Waals surface area contributed by atoms with Crippen molar-refractivity contribution in [1.29, 1.82) is 0 Å². The summed E-state index contributed by atoms with van der Waals surface area (Å²) in [6.07, 6.45) is 3.26. The Kier molecular flexibility index (Phi) is 10.5. The number of carbonyl (C=O) groups is 1. The summed E-state index contributed by atoms with van der Waals surface area (Å²) < 4.78 is 21.3. The quantitative estimate of drug-likeness (QED) is 0.0910. The van der Waals surface area contributed by atoms with Crippen LogP contribution in [0.5, 0.6) is 0 Å². The molecule has 11 heteroatoms. The first-order chi connectivity index (χ1) is 20.0. The number of benzene rings is 1. The first-order valence-corrected chi connectivity index (χ1v) is 19.1. The van der Waals surface area contributed by atoms with Crippen molar-refractivity contribution in [1.82, 2.24) is 19.3 Å². The highest BCUT2D eigenvalue weighted by Crippen LogP contribution is 2.28. The van der Waals surface area contributed by atoms with Gasteiger partial charge in [-0.3, -0.25) is 9.36 Å². The highest BCUT2D eigenvalue weighted by atomic mass is 32.1. The van der Waals surface area contributed by atoms with E-state index in [0.717, 1.165) is 33.1 Å². The van der Waals surface area contributed by atoms with E-state index in [1.165, 1.54) is 11.3 Å². The Morgan fingerprint density at radius 2 is 1.83 bits per heavy atom. The molecule has 0 radical (unpaired) electrons. The molecule has 0 N–H and O–H groups in total. The molecule has 226 valence electrons. The van der Waals surface area contributed by atoms with E-state index in [2.05, 4.69) is 43.7 Å². The second-order valence-corrected chi connectivity index (χ2v) is 18.3. The number of carbonyl (C=O) groups excluding carboxylic acids is 1. The molecule has 0 aliphatic carbocycles. The molecular weight excluding hydrogens is 569 g/mol. The maximum atomic E-state index is 12.7. The first kappa shape index (κ1) is 31.8. The highest BCUT2D eigenvalue weighted by Gasteiger charge is 2.22. The average Bonchev–Trinajstić information content (AvgIpc) is 3.57. The van der Waals surface area contributed by atoms with Gasteiger partial charge >= 0.3 is 10.8 Å². The van der Waals surface area contributed by atoms with Crippen molar-refractivity contribution >= 4 is 35.6 Å². The molecule has 0 aliphatic rings. The number of nitrogens with zero attached hydrogens (tertiary/aromatic N) is 4. The Hall–Kier alpha value is -3.12. The molecule has 3 atom stereocenters. The largest absolute Gasteiger partial charge is 0.464 e. The van der Waals surface area contributed by atoms with E-state index in [0.29, 0.717) is 25.5 Å². The third-order valence-corrected chi connectivity index (χ3v) is 9.87. The van der Waals surface area contributed by atoms with Gasteiger partial charge in [0.05, 0.1) is 28.6 Å². The Morgan fingerprint density at radius 1 is 1.07 bits per heavy atom. The van der Waals surface area contributed by atoms with Crippen LogP contribution in [0.4, 0.5) is 0 Å². The van der Waals surface area contributed by atoms with E-state index in [1.54, 1.807) is 22.4 Å². The maximum absolute atomic E-state index is 12.7. The zero-order valence-corrected chi connectivity index (χ0v) is 27.4. The number of esters is 1. The van der Waals surface area contributed by atoms with Crippen molar-refractivity contribution in [2.75, 3.05) is 13.2 Å². The molecule has 4 rings (SSSR count). The minimum atomic E-state index is -1.18. The van der Waals surface area contributed by atoms with Gasteiger partial charge in [-0.2, -0.15) is 5.10 Å². The Bertz CT molecular complexity index is 1540. The minimum Gasteiger partial charge on any atom is -0.464 e. The van der Waals surface area contributed by atoms with Crippen LogP contribution < -0.4 is 4.87 Å². The van der Waals surface area contributed by atoms with Gasteiger partial charge in [-0.05, 0) is 61.7 Å². The zero-order chi connectivity index (χ0) is 30.4. The molecule has 3 unspecified atom stereocenters. The van der Waals surface area contributed by atoms with E-state index >= 15 is 0 Å². The van der Waals surface area contributed by atoms with E-state index < -0.39 is 14.2 Å². The van der Waals surface area contributed by atoms with Gasteiger partial charge in [0.25, 0.3) is 0 Å². The third kappa shape index (κ3) is 7.83. The molecular formula is C31H42N4O5SSi. The smallest absolute Gasteiger partial charge is 0.335 e. The predicted octanol–water partition coefficient (Wildman–Crippen LogP) is 6.53. The van der Waals surface area contributed by atoms with Gasteiger partial charge < -0.3 is 14.2 Å². The fourth-order valence-electron chi connectivity index (χ4n) is 4.53. The predicted molar refractivity (Wildman–Crippen MR) is 169 cm³/mol. The fraction of sp³-hybridized carbons (Fsp3) is 0.484. The number of aromatic nitrogens is 4. The van der Waals surface area contributed by atoms with Crippen molar-refractivity contribution in [2.24, 2.45) is 0 Å². The van der Waals surface area contributed by atoms with Gasteiger partial charge in [-0.25, -0.2) is 14.5 Å². The van der Waals surface area contributed by atoms with Gasteiger partial charge in [0.2, 0.25) is 0 Å². The van der Waals surface area contributed by atoms with Crippen molar-refractivity contribution in [3.05, 3.63) is 75.3 Å². The lowest BCUT2D eigenvalue weighted by Crippen LogP contribution is -2.27. The van der Waals surface area contributed by atoms with Gasteiger partial charge in [0.15, 0.2) is 11.9 Å². The number of hydrogen-bond acceptors (Lipinski definition) is 8. The summed E-state index contributed by atoms with van der Waals surface area (Å²) in [6, 6.07) is 13.0. The molecule has 0 saturated carbocycles. The molecule has 42 heavy (non-hydrogen) atoms. The molecule has 0 aliphatic heterocycles. The average molecular weight is 611 g/mol. The number of fused-ring (bicyclic) bond motifs is 1. The summed E-state index contributed by atoms with van der Waals surface area (Å²) in [7, 11) is -1.18. The molecule has 4 aromatic rings. The Balaban J connectivity index is 1.43. The van der Waals surface area contributed by atoms with Crippen LogP contribution in [-0.2, 0) is 25.7 Å². The van der Waals surface area contributed by atoms with Crippen LogP contribution >= 0.6 is 11.3 Å². The summed E-state index contributed by atoms with van der Waals surface area (Å²) in [5, 5.41) is 4.79. The standard InChI is InChI=1S/C31H42N4O5SSi/c1-8-27(30(36)39-9-2)40-22(4)24-11-13-29(32-19-24)35-15-14-25(33-35)21(3)23-10-12-26-28(18-23)41-31(37)34(26)20-38-16-17-42(5,6)7/h10-15,18-19,21-22,27H,8-9,16-17,20H2,1-7H3. The third-order valence-electron chi connectivity index (χ3n) is 7.23. The van der Waals surface area contributed by atoms with Gasteiger partial charge in [-0.1, -0.05) is 57.0 Å². The van der Waals surface area contributed by atoms with Gasteiger partial charge in [0, 0.05) is 33.0 Å². The molecule has 0 fully saturated rings. The SMILES string of the molecule is CCOC(=O)C(CC)OC(C)c1ccc(-n2ccc(C(C)c3ccc4c(c3)sc(=O)n4COCC[Si](C)(C)C)n2)nc1. The lowest BCUT2D eigenvalue weighted by molar-refractivity contribution is -0.160. The van der Waals surface area contributed by atoms with Gasteiger partial charge in [0.1, 0.15) is 6.73 Å². The Morgan fingerprint density at radius 3 is 2.50 bits per heavy atom. The molecule has 0 amide bonds. The van der Waals surface area contributed by atoms with Crippen LogP contribution in [-0.4, -0.2) is 52.7 Å². The van der Waals surface area contributed by atoms with Crippen molar-refractivity contribution in [2.45, 2.75) is 84.7 Å². The second kappa shape index (κ2) is 13.9. The van der Waals surface area contributed by atoms with Crippen LogP contribution in [0.3, 0.4) is 0 Å². The minimum absolute atomic E-state index is 0.00701. The monoisotopic (exact) mass is 610 g/mol. The summed E-state index contributed by atoms with van der Waals surface area (Å²) in [6.45, 7) is 15.9. The number of ether oxygens (including phenoxy) is 3. The lowest BCUT2D eigenvalue weighted by atomic mass is 9.98. The maximum Gasteiger partial charge on any atom is 0.335 e.